The van der Waals surface area contributed by atoms with Gasteiger partial charge in [0.1, 0.15) is 5.75 Å². The molecule has 3 rings (SSSR count). The zero-order valence-electron chi connectivity index (χ0n) is 21.6. The summed E-state index contributed by atoms with van der Waals surface area (Å²) in [6.07, 6.45) is 12.0. The molecule has 0 amide bonds. The molecule has 0 unspecified atom stereocenters. The summed E-state index contributed by atoms with van der Waals surface area (Å²) in [7, 11) is 0. The van der Waals surface area contributed by atoms with Crippen LogP contribution >= 0.6 is 0 Å². The van der Waals surface area contributed by atoms with Gasteiger partial charge in [0.2, 0.25) is 0 Å². The van der Waals surface area contributed by atoms with Gasteiger partial charge in [0.25, 0.3) is 0 Å². The molecule has 0 radical (unpaired) electrons. The molecule has 0 spiro atoms. The highest BCUT2D eigenvalue weighted by Gasteiger charge is 2.46. The predicted molar refractivity (Wildman–Crippen MR) is 135 cm³/mol. The second kappa shape index (κ2) is 11.2. The topological polar surface area (TPSA) is 38.8 Å². The van der Waals surface area contributed by atoms with Crippen LogP contribution in [0.25, 0.3) is 0 Å². The lowest BCUT2D eigenvalue weighted by atomic mass is 9.72. The van der Waals surface area contributed by atoms with Crippen molar-refractivity contribution in [3.05, 3.63) is 42.5 Å². The monoisotopic (exact) mass is 455 g/mol. The van der Waals surface area contributed by atoms with Gasteiger partial charge >= 0.3 is 5.97 Å². The van der Waals surface area contributed by atoms with Crippen LogP contribution in [0.15, 0.2) is 36.9 Å². The second-order valence-corrected chi connectivity index (χ2v) is 11.5. The van der Waals surface area contributed by atoms with Crippen molar-refractivity contribution in [1.82, 2.24) is 5.06 Å². The van der Waals surface area contributed by atoms with Gasteiger partial charge in [0.05, 0.1) is 12.5 Å². The lowest BCUT2D eigenvalue weighted by molar-refractivity contribution is -0.277. The van der Waals surface area contributed by atoms with E-state index in [1.165, 1.54) is 37.7 Å². The summed E-state index contributed by atoms with van der Waals surface area (Å²) < 4.78 is 5.78. The van der Waals surface area contributed by atoms with E-state index in [1.807, 2.05) is 12.1 Å². The molecule has 33 heavy (non-hydrogen) atoms. The number of esters is 1. The first-order valence-electron chi connectivity index (χ1n) is 13.0. The Hall–Kier alpha value is -1.65. The molecule has 1 heterocycles. The lowest BCUT2D eigenvalue weighted by Crippen LogP contribution is -2.59. The summed E-state index contributed by atoms with van der Waals surface area (Å²) >= 11 is 0. The van der Waals surface area contributed by atoms with Gasteiger partial charge in [-0.25, -0.2) is 0 Å². The van der Waals surface area contributed by atoms with E-state index in [1.54, 1.807) is 6.08 Å². The van der Waals surface area contributed by atoms with E-state index < -0.39 is 0 Å². The summed E-state index contributed by atoms with van der Waals surface area (Å²) in [5, 5.41) is 2.16. The van der Waals surface area contributed by atoms with Crippen LogP contribution in [0, 0.1) is 11.8 Å². The smallest absolute Gasteiger partial charge is 0.314 e. The highest BCUT2D eigenvalue weighted by molar-refractivity contribution is 5.75. The molecule has 184 valence electrons. The number of hydroxylamine groups is 2. The third-order valence-electron chi connectivity index (χ3n) is 7.63. The fraction of sp³-hybridized carbons (Fsp3) is 0.690. The normalized spacial score (nSPS) is 25.5. The van der Waals surface area contributed by atoms with E-state index in [9.17, 15) is 4.79 Å². The summed E-state index contributed by atoms with van der Waals surface area (Å²) in [6.45, 7) is 15.5. The van der Waals surface area contributed by atoms with Crippen molar-refractivity contribution in [2.24, 2.45) is 11.8 Å². The number of carbonyl (C=O) groups excluding carboxylic acids is 1. The van der Waals surface area contributed by atoms with Gasteiger partial charge in [0.15, 0.2) is 0 Å². The van der Waals surface area contributed by atoms with E-state index in [2.05, 4.69) is 58.4 Å². The minimum absolute atomic E-state index is 0.0494. The first-order valence-corrected chi connectivity index (χ1v) is 13.0. The van der Waals surface area contributed by atoms with E-state index >= 15 is 0 Å². The predicted octanol–water partition coefficient (Wildman–Crippen LogP) is 7.44. The van der Waals surface area contributed by atoms with Gasteiger partial charge in [-0.3, -0.25) is 9.63 Å². The van der Waals surface area contributed by atoms with Gasteiger partial charge < -0.3 is 4.74 Å². The van der Waals surface area contributed by atoms with Crippen LogP contribution in [0.5, 0.6) is 5.75 Å². The number of hydrogen-bond acceptors (Lipinski definition) is 4. The van der Waals surface area contributed by atoms with Crippen molar-refractivity contribution in [2.75, 3.05) is 6.61 Å². The van der Waals surface area contributed by atoms with Crippen LogP contribution < -0.4 is 4.74 Å². The fourth-order valence-corrected chi connectivity index (χ4v) is 6.16. The van der Waals surface area contributed by atoms with E-state index in [-0.39, 0.29) is 23.0 Å². The number of benzene rings is 1. The van der Waals surface area contributed by atoms with Crippen molar-refractivity contribution >= 4 is 5.97 Å². The second-order valence-electron chi connectivity index (χ2n) is 11.5. The average molecular weight is 456 g/mol. The van der Waals surface area contributed by atoms with E-state index in [0.717, 1.165) is 31.6 Å². The highest BCUT2D eigenvalue weighted by atomic mass is 16.7. The molecular weight excluding hydrogens is 410 g/mol. The number of rotatable bonds is 9. The van der Waals surface area contributed by atoms with Crippen LogP contribution in [0.2, 0.25) is 0 Å². The van der Waals surface area contributed by atoms with Gasteiger partial charge in [-0.05, 0) is 95.8 Å². The maximum Gasteiger partial charge on any atom is 0.314 e. The van der Waals surface area contributed by atoms with Crippen molar-refractivity contribution in [1.29, 1.82) is 0 Å². The van der Waals surface area contributed by atoms with Crippen LogP contribution in [0.4, 0.5) is 0 Å². The minimum atomic E-state index is -0.0868. The maximum atomic E-state index is 12.7. The Bertz CT molecular complexity index is 757. The Balaban J connectivity index is 1.57. The van der Waals surface area contributed by atoms with E-state index in [0.29, 0.717) is 18.3 Å². The molecule has 2 fully saturated rings. The summed E-state index contributed by atoms with van der Waals surface area (Å²) in [4.78, 5) is 18.8. The lowest BCUT2D eigenvalue weighted by Gasteiger charge is -2.54. The van der Waals surface area contributed by atoms with Crippen molar-refractivity contribution in [3.8, 4) is 5.75 Å². The third kappa shape index (κ3) is 6.70. The molecule has 1 saturated carbocycles. The SMILES string of the molecule is C=CCON1C(C)(C)CC(c2ccc(OC(=O)C3CCC(CCCC)CC3)cc2)CC1(C)C. The molecule has 1 aromatic carbocycles. The zero-order valence-corrected chi connectivity index (χ0v) is 21.6. The molecule has 4 nitrogen and oxygen atoms in total. The van der Waals surface area contributed by atoms with Gasteiger partial charge in [0, 0.05) is 11.1 Å². The summed E-state index contributed by atoms with van der Waals surface area (Å²) in [5.74, 6) is 1.91. The molecule has 1 aliphatic carbocycles. The molecule has 1 saturated heterocycles. The molecule has 0 N–H and O–H groups in total. The first-order chi connectivity index (χ1) is 15.7. The number of piperidine rings is 1. The molecule has 0 atom stereocenters. The van der Waals surface area contributed by atoms with Gasteiger partial charge in [-0.15, -0.1) is 6.58 Å². The van der Waals surface area contributed by atoms with Crippen LogP contribution in [0.3, 0.4) is 0 Å². The van der Waals surface area contributed by atoms with Crippen molar-refractivity contribution in [2.45, 2.75) is 109 Å². The van der Waals surface area contributed by atoms with Crippen LogP contribution in [-0.4, -0.2) is 28.7 Å². The molecule has 4 heteroatoms. The van der Waals surface area contributed by atoms with Crippen LogP contribution in [0.1, 0.15) is 104 Å². The van der Waals surface area contributed by atoms with E-state index in [4.69, 9.17) is 9.57 Å². The minimum Gasteiger partial charge on any atom is -0.426 e. The Morgan fingerprint density at radius 2 is 1.67 bits per heavy atom. The molecule has 1 aliphatic heterocycles. The Kier molecular flexibility index (Phi) is 8.80. The fourth-order valence-electron chi connectivity index (χ4n) is 6.16. The number of nitrogens with zero attached hydrogens (tertiary/aromatic N) is 1. The number of carbonyl (C=O) groups is 1. The quantitative estimate of drug-likeness (QED) is 0.220. The Morgan fingerprint density at radius 3 is 2.21 bits per heavy atom. The maximum absolute atomic E-state index is 12.7. The van der Waals surface area contributed by atoms with Gasteiger partial charge in [-0.2, -0.15) is 5.06 Å². The average Bonchev–Trinajstić information content (AvgIpc) is 2.77. The standard InChI is InChI=1S/C29H45NO3/c1-7-9-10-22-11-13-24(14-12-22)27(31)33-26-17-15-23(16-18-26)25-20-28(3,4)30(32-19-8-2)29(5,6)21-25/h8,15-18,22,24-25H,2,7,9-14,19-21H2,1,3-6H3. The highest BCUT2D eigenvalue weighted by Crippen LogP contribution is 2.46. The Morgan fingerprint density at radius 1 is 1.06 bits per heavy atom. The summed E-state index contributed by atoms with van der Waals surface area (Å²) in [6, 6.07) is 8.23. The largest absolute Gasteiger partial charge is 0.426 e. The van der Waals surface area contributed by atoms with Crippen molar-refractivity contribution < 1.29 is 14.4 Å². The summed E-state index contributed by atoms with van der Waals surface area (Å²) in [5.41, 5.74) is 1.13. The molecule has 2 aliphatic rings. The number of ether oxygens (including phenoxy) is 1. The van der Waals surface area contributed by atoms with Crippen LogP contribution in [-0.2, 0) is 9.63 Å². The number of hydrogen-bond donors (Lipinski definition) is 0. The molecule has 0 aromatic heterocycles. The van der Waals surface area contributed by atoms with Gasteiger partial charge in [-0.1, -0.05) is 44.4 Å². The first kappa shape index (κ1) is 26.0. The zero-order chi connectivity index (χ0) is 24.1. The molecule has 1 aromatic rings. The Labute approximate surface area is 201 Å². The molecular formula is C29H45NO3. The number of unbranched alkanes of at least 4 members (excludes halogenated alkanes) is 1. The van der Waals surface area contributed by atoms with Crippen molar-refractivity contribution in [3.63, 3.8) is 0 Å². The molecule has 0 bridgehead atoms. The third-order valence-corrected chi connectivity index (χ3v) is 7.63.